The van der Waals surface area contributed by atoms with Crippen LogP contribution in [0.25, 0.3) is 11.4 Å². The number of fused-ring (bicyclic) bond motifs is 1. The highest BCUT2D eigenvalue weighted by Gasteiger charge is 2.19. The molecule has 0 saturated heterocycles. The second-order valence-electron chi connectivity index (χ2n) is 6.15. The van der Waals surface area contributed by atoms with Gasteiger partial charge in [-0.3, -0.25) is 4.79 Å². The average Bonchev–Trinajstić information content (AvgIpc) is 2.84. The van der Waals surface area contributed by atoms with Crippen molar-refractivity contribution in [2.75, 3.05) is 19.0 Å². The topological polar surface area (TPSA) is 95.1 Å². The minimum absolute atomic E-state index is 0.157. The largest absolute Gasteiger partial charge is 0.383 e. The molecule has 0 saturated carbocycles. The van der Waals surface area contributed by atoms with Gasteiger partial charge in [0.1, 0.15) is 11.9 Å². The highest BCUT2D eigenvalue weighted by atomic mass is 35.5. The van der Waals surface area contributed by atoms with E-state index in [1.165, 1.54) is 13.5 Å². The third-order valence-electron chi connectivity index (χ3n) is 4.27. The Morgan fingerprint density at radius 1 is 1.40 bits per heavy atom. The minimum Gasteiger partial charge on any atom is -0.383 e. The van der Waals surface area contributed by atoms with Crippen molar-refractivity contribution >= 4 is 23.2 Å². The third-order valence-corrected chi connectivity index (χ3v) is 4.60. The Labute approximate surface area is 151 Å². The van der Waals surface area contributed by atoms with Crippen LogP contribution in [0.15, 0.2) is 18.2 Å². The van der Waals surface area contributed by atoms with Crippen LogP contribution in [0, 0.1) is 0 Å². The molecule has 0 radical (unpaired) electrons. The summed E-state index contributed by atoms with van der Waals surface area (Å²) in [4.78, 5) is 12.1. The minimum atomic E-state index is -0.728. The number of halogens is 1. The van der Waals surface area contributed by atoms with Gasteiger partial charge in [-0.15, -0.1) is 10.2 Å². The number of aromatic nitrogens is 3. The van der Waals surface area contributed by atoms with Gasteiger partial charge < -0.3 is 20.4 Å². The summed E-state index contributed by atoms with van der Waals surface area (Å²) in [7, 11) is 1.50. The first-order chi connectivity index (χ1) is 12.1. The van der Waals surface area contributed by atoms with E-state index in [4.69, 9.17) is 22.1 Å². The van der Waals surface area contributed by atoms with Crippen molar-refractivity contribution in [3.63, 3.8) is 0 Å². The van der Waals surface area contributed by atoms with Crippen molar-refractivity contribution in [2.45, 2.75) is 38.3 Å². The number of hydrogen-bond acceptors (Lipinski definition) is 5. The first-order valence-corrected chi connectivity index (χ1v) is 8.75. The number of anilines is 1. The molecule has 134 valence electrons. The summed E-state index contributed by atoms with van der Waals surface area (Å²) in [5.41, 5.74) is 7.12. The van der Waals surface area contributed by atoms with Gasteiger partial charge in [-0.05, 0) is 31.0 Å². The molecule has 1 aromatic carbocycles. The van der Waals surface area contributed by atoms with E-state index in [1.54, 1.807) is 12.1 Å². The zero-order valence-corrected chi connectivity index (χ0v) is 14.9. The van der Waals surface area contributed by atoms with E-state index in [2.05, 4.69) is 20.1 Å². The van der Waals surface area contributed by atoms with E-state index < -0.39 is 6.04 Å². The lowest BCUT2D eigenvalue weighted by atomic mass is 10.1. The lowest BCUT2D eigenvalue weighted by Crippen LogP contribution is -2.39. The van der Waals surface area contributed by atoms with Gasteiger partial charge in [0.25, 0.3) is 0 Å². The highest BCUT2D eigenvalue weighted by molar-refractivity contribution is 6.33. The number of nitrogens with zero attached hydrogens (tertiary/aromatic N) is 3. The number of aryl methyl sites for hydroxylation is 1. The van der Waals surface area contributed by atoms with Gasteiger partial charge in [-0.25, -0.2) is 0 Å². The Bertz CT molecular complexity index is 761. The number of carbonyl (C=O) groups excluding carboxylic acids is 1. The summed E-state index contributed by atoms with van der Waals surface area (Å²) in [6.45, 7) is 1.03. The maximum absolute atomic E-state index is 12.1. The van der Waals surface area contributed by atoms with Gasteiger partial charge in [0.15, 0.2) is 5.82 Å². The number of nitrogens with one attached hydrogen (secondary N) is 1. The van der Waals surface area contributed by atoms with Gasteiger partial charge in [0.05, 0.1) is 11.6 Å². The summed E-state index contributed by atoms with van der Waals surface area (Å²) < 4.78 is 7.03. The fourth-order valence-electron chi connectivity index (χ4n) is 2.95. The van der Waals surface area contributed by atoms with Crippen molar-refractivity contribution < 1.29 is 9.53 Å². The first kappa shape index (κ1) is 17.8. The quantitative estimate of drug-likeness (QED) is 0.849. The zero-order valence-electron chi connectivity index (χ0n) is 14.2. The van der Waals surface area contributed by atoms with Crippen LogP contribution in [0.1, 0.15) is 25.1 Å². The predicted molar refractivity (Wildman–Crippen MR) is 96.5 cm³/mol. The molecule has 8 heteroatoms. The van der Waals surface area contributed by atoms with Crippen LogP contribution >= 0.6 is 11.6 Å². The molecule has 1 atom stereocenters. The molecular weight excluding hydrogens is 342 g/mol. The SMILES string of the molecule is COCC(N)C(=O)Nc1ccc(Cl)c(-c2nnc3n2CCCCC3)c1. The molecule has 1 aromatic heterocycles. The van der Waals surface area contributed by atoms with Gasteiger partial charge in [-0.1, -0.05) is 18.0 Å². The highest BCUT2D eigenvalue weighted by Crippen LogP contribution is 2.31. The van der Waals surface area contributed by atoms with Crippen molar-refractivity contribution in [3.05, 3.63) is 29.0 Å². The number of benzene rings is 1. The van der Waals surface area contributed by atoms with Crippen LogP contribution < -0.4 is 11.1 Å². The van der Waals surface area contributed by atoms with Crippen LogP contribution in [-0.2, 0) is 22.5 Å². The van der Waals surface area contributed by atoms with Crippen LogP contribution in [0.5, 0.6) is 0 Å². The second kappa shape index (κ2) is 7.95. The lowest BCUT2D eigenvalue weighted by Gasteiger charge is -2.13. The smallest absolute Gasteiger partial charge is 0.243 e. The Morgan fingerprint density at radius 3 is 3.04 bits per heavy atom. The Balaban J connectivity index is 1.88. The fraction of sp³-hybridized carbons (Fsp3) is 0.471. The molecule has 1 unspecified atom stereocenters. The predicted octanol–water partition coefficient (Wildman–Crippen LogP) is 2.24. The van der Waals surface area contributed by atoms with Crippen molar-refractivity contribution in [1.82, 2.24) is 14.8 Å². The van der Waals surface area contributed by atoms with E-state index in [0.717, 1.165) is 43.0 Å². The maximum Gasteiger partial charge on any atom is 0.243 e. The maximum atomic E-state index is 12.1. The summed E-state index contributed by atoms with van der Waals surface area (Å²) in [5.74, 6) is 1.41. The number of hydrogen-bond donors (Lipinski definition) is 2. The van der Waals surface area contributed by atoms with Crippen LogP contribution in [0.3, 0.4) is 0 Å². The van der Waals surface area contributed by atoms with E-state index in [9.17, 15) is 4.79 Å². The lowest BCUT2D eigenvalue weighted by molar-refractivity contribution is -0.118. The number of rotatable bonds is 5. The van der Waals surface area contributed by atoms with Crippen LogP contribution in [-0.4, -0.2) is 40.4 Å². The van der Waals surface area contributed by atoms with E-state index in [-0.39, 0.29) is 12.5 Å². The summed E-state index contributed by atoms with van der Waals surface area (Å²) in [6, 6.07) is 4.56. The summed E-state index contributed by atoms with van der Waals surface area (Å²) in [6.07, 6.45) is 4.33. The monoisotopic (exact) mass is 363 g/mol. The molecule has 3 N–H and O–H groups in total. The van der Waals surface area contributed by atoms with E-state index in [0.29, 0.717) is 10.7 Å². The van der Waals surface area contributed by atoms with Crippen LogP contribution in [0.2, 0.25) is 5.02 Å². The molecular formula is C17H22ClN5O2. The molecule has 0 spiro atoms. The number of ether oxygens (including phenoxy) is 1. The number of amides is 1. The van der Waals surface area contributed by atoms with Crippen molar-refractivity contribution in [1.29, 1.82) is 0 Å². The van der Waals surface area contributed by atoms with Crippen molar-refractivity contribution in [3.8, 4) is 11.4 Å². The van der Waals surface area contributed by atoms with Gasteiger partial charge in [-0.2, -0.15) is 0 Å². The van der Waals surface area contributed by atoms with Crippen LogP contribution in [0.4, 0.5) is 5.69 Å². The number of methoxy groups -OCH3 is 1. The second-order valence-corrected chi connectivity index (χ2v) is 6.56. The number of carbonyl (C=O) groups is 1. The molecule has 7 nitrogen and oxygen atoms in total. The summed E-state index contributed by atoms with van der Waals surface area (Å²) in [5, 5.41) is 12.0. The molecule has 0 fully saturated rings. The molecule has 2 heterocycles. The zero-order chi connectivity index (χ0) is 17.8. The average molecular weight is 364 g/mol. The third kappa shape index (κ3) is 4.00. The molecule has 1 amide bonds. The van der Waals surface area contributed by atoms with E-state index >= 15 is 0 Å². The van der Waals surface area contributed by atoms with Gasteiger partial charge in [0, 0.05) is 31.3 Å². The summed E-state index contributed by atoms with van der Waals surface area (Å²) >= 11 is 6.38. The van der Waals surface area contributed by atoms with Crippen molar-refractivity contribution in [2.24, 2.45) is 5.73 Å². The molecule has 0 aliphatic carbocycles. The van der Waals surface area contributed by atoms with E-state index in [1.807, 2.05) is 6.07 Å². The molecule has 25 heavy (non-hydrogen) atoms. The Morgan fingerprint density at radius 2 is 2.24 bits per heavy atom. The molecule has 1 aliphatic rings. The Hall–Kier alpha value is -1.96. The first-order valence-electron chi connectivity index (χ1n) is 8.37. The molecule has 3 rings (SSSR count). The van der Waals surface area contributed by atoms with Gasteiger partial charge in [0.2, 0.25) is 5.91 Å². The fourth-order valence-corrected chi connectivity index (χ4v) is 3.15. The molecule has 0 bridgehead atoms. The molecule has 1 aliphatic heterocycles. The van der Waals surface area contributed by atoms with Gasteiger partial charge >= 0.3 is 0 Å². The standard InChI is InChI=1S/C17H22ClN5O2/c1-25-10-14(19)17(24)20-11-6-7-13(18)12(9-11)16-22-21-15-5-3-2-4-8-23(15)16/h6-7,9,14H,2-5,8,10,19H2,1H3,(H,20,24). The number of nitrogens with two attached hydrogens (primary N) is 1. The Kier molecular flexibility index (Phi) is 5.67. The molecule has 2 aromatic rings. The normalized spacial score (nSPS) is 15.3.